The van der Waals surface area contributed by atoms with Gasteiger partial charge >= 0.3 is 0 Å². The highest BCUT2D eigenvalue weighted by Gasteiger charge is 2.23. The number of hydrogen-bond donors (Lipinski definition) is 1. The van der Waals surface area contributed by atoms with Crippen molar-refractivity contribution in [2.75, 3.05) is 0 Å². The molecule has 1 N–H and O–H groups in total. The van der Waals surface area contributed by atoms with E-state index in [1.165, 1.54) is 0 Å². The normalized spacial score (nSPS) is 12.0. The van der Waals surface area contributed by atoms with Crippen LogP contribution in [0.15, 0.2) is 42.6 Å². The zero-order chi connectivity index (χ0) is 15.0. The number of aromatic nitrogens is 3. The number of aromatic hydroxyl groups is 1. The largest absolute Gasteiger partial charge is 0.508 e. The monoisotopic (exact) mass is 281 g/mol. The summed E-state index contributed by atoms with van der Waals surface area (Å²) in [7, 11) is 0. The molecule has 2 aromatic heterocycles. The van der Waals surface area contributed by atoms with Gasteiger partial charge in [-0.2, -0.15) is 0 Å². The molecular weight excluding hydrogens is 262 g/mol. The molecule has 108 valence electrons. The number of rotatable bonds is 2. The zero-order valence-corrected chi connectivity index (χ0v) is 12.5. The van der Waals surface area contributed by atoms with Crippen molar-refractivity contribution in [1.82, 2.24) is 14.5 Å². The van der Waals surface area contributed by atoms with Crippen LogP contribution in [-0.4, -0.2) is 19.6 Å². The Kier molecular flexibility index (Phi) is 3.16. The fourth-order valence-corrected chi connectivity index (χ4v) is 2.46. The first-order chi connectivity index (χ1) is 9.95. The van der Waals surface area contributed by atoms with E-state index in [1.54, 1.807) is 18.3 Å². The molecule has 3 aromatic rings. The minimum atomic E-state index is -0.0579. The number of pyridine rings is 1. The van der Waals surface area contributed by atoms with Crippen LogP contribution in [0.5, 0.6) is 5.75 Å². The molecule has 4 heteroatoms. The second kappa shape index (κ2) is 4.88. The zero-order valence-electron chi connectivity index (χ0n) is 12.5. The minimum absolute atomic E-state index is 0.0579. The highest BCUT2D eigenvalue weighted by Crippen LogP contribution is 2.26. The lowest BCUT2D eigenvalue weighted by Crippen LogP contribution is -2.19. The number of benzene rings is 1. The molecule has 0 aliphatic heterocycles. The maximum absolute atomic E-state index is 9.41. The summed E-state index contributed by atoms with van der Waals surface area (Å²) in [5.74, 6) is 1.30. The van der Waals surface area contributed by atoms with Crippen LogP contribution >= 0.6 is 0 Å². The fourth-order valence-electron chi connectivity index (χ4n) is 2.46. The van der Waals surface area contributed by atoms with E-state index < -0.39 is 0 Å². The average Bonchev–Trinajstić information content (AvgIpc) is 2.81. The second-order valence-corrected chi connectivity index (χ2v) is 6.28. The SMILES string of the molecule is CC(C)(C)c1nc2cccnc2n1Cc1ccc(O)cc1. The molecule has 1 aromatic carbocycles. The Balaban J connectivity index is 2.13. The van der Waals surface area contributed by atoms with E-state index in [1.807, 2.05) is 24.3 Å². The highest BCUT2D eigenvalue weighted by molar-refractivity contribution is 5.71. The van der Waals surface area contributed by atoms with Crippen LogP contribution in [0.3, 0.4) is 0 Å². The van der Waals surface area contributed by atoms with Crippen molar-refractivity contribution >= 4 is 11.2 Å². The first kappa shape index (κ1) is 13.6. The van der Waals surface area contributed by atoms with Crippen molar-refractivity contribution in [3.05, 3.63) is 54.0 Å². The molecule has 0 bridgehead atoms. The van der Waals surface area contributed by atoms with Crippen LogP contribution in [0, 0.1) is 0 Å². The van der Waals surface area contributed by atoms with Gasteiger partial charge in [0.25, 0.3) is 0 Å². The molecule has 2 heterocycles. The van der Waals surface area contributed by atoms with Gasteiger partial charge in [0.05, 0.1) is 6.54 Å². The maximum atomic E-state index is 9.41. The number of imidazole rings is 1. The van der Waals surface area contributed by atoms with Crippen LogP contribution in [0.2, 0.25) is 0 Å². The number of nitrogens with zero attached hydrogens (tertiary/aromatic N) is 3. The van der Waals surface area contributed by atoms with Crippen molar-refractivity contribution in [1.29, 1.82) is 0 Å². The Morgan fingerprint density at radius 2 is 1.81 bits per heavy atom. The maximum Gasteiger partial charge on any atom is 0.160 e. The van der Waals surface area contributed by atoms with Gasteiger partial charge in [-0.1, -0.05) is 32.9 Å². The van der Waals surface area contributed by atoms with Gasteiger partial charge in [-0.3, -0.25) is 0 Å². The molecular formula is C17H19N3O. The third-order valence-corrected chi connectivity index (χ3v) is 3.45. The Bertz CT molecular complexity index is 767. The Morgan fingerprint density at radius 3 is 2.48 bits per heavy atom. The van der Waals surface area contributed by atoms with E-state index in [0.29, 0.717) is 6.54 Å². The van der Waals surface area contributed by atoms with Crippen LogP contribution in [0.25, 0.3) is 11.2 Å². The van der Waals surface area contributed by atoms with E-state index in [9.17, 15) is 5.11 Å². The Morgan fingerprint density at radius 1 is 1.10 bits per heavy atom. The molecule has 0 atom stereocenters. The summed E-state index contributed by atoms with van der Waals surface area (Å²) in [6.07, 6.45) is 1.80. The Hall–Kier alpha value is -2.36. The molecule has 0 radical (unpaired) electrons. The van der Waals surface area contributed by atoms with E-state index in [4.69, 9.17) is 4.98 Å². The van der Waals surface area contributed by atoms with Gasteiger partial charge in [0.2, 0.25) is 0 Å². The lowest BCUT2D eigenvalue weighted by molar-refractivity contribution is 0.474. The summed E-state index contributed by atoms with van der Waals surface area (Å²) < 4.78 is 2.15. The lowest BCUT2D eigenvalue weighted by atomic mass is 9.95. The minimum Gasteiger partial charge on any atom is -0.508 e. The van der Waals surface area contributed by atoms with E-state index >= 15 is 0 Å². The molecule has 0 unspecified atom stereocenters. The van der Waals surface area contributed by atoms with Gasteiger partial charge < -0.3 is 9.67 Å². The summed E-state index contributed by atoms with van der Waals surface area (Å²) >= 11 is 0. The molecule has 0 spiro atoms. The molecule has 4 nitrogen and oxygen atoms in total. The van der Waals surface area contributed by atoms with Crippen LogP contribution in [-0.2, 0) is 12.0 Å². The fraction of sp³-hybridized carbons (Fsp3) is 0.294. The van der Waals surface area contributed by atoms with Gasteiger partial charge in [-0.05, 0) is 29.8 Å². The molecule has 0 aliphatic carbocycles. The van der Waals surface area contributed by atoms with Crippen molar-refractivity contribution < 1.29 is 5.11 Å². The molecule has 0 saturated carbocycles. The van der Waals surface area contributed by atoms with Crippen molar-refractivity contribution in [2.24, 2.45) is 0 Å². The van der Waals surface area contributed by atoms with Gasteiger partial charge in [-0.25, -0.2) is 9.97 Å². The number of fused-ring (bicyclic) bond motifs is 1. The third-order valence-electron chi connectivity index (χ3n) is 3.45. The molecule has 0 fully saturated rings. The number of phenols is 1. The van der Waals surface area contributed by atoms with Crippen LogP contribution < -0.4 is 0 Å². The van der Waals surface area contributed by atoms with Gasteiger partial charge in [0, 0.05) is 11.6 Å². The summed E-state index contributed by atoms with van der Waals surface area (Å²) in [5.41, 5.74) is 2.87. The molecule has 0 aliphatic rings. The van der Waals surface area contributed by atoms with E-state index in [-0.39, 0.29) is 11.2 Å². The van der Waals surface area contributed by atoms with Crippen molar-refractivity contribution in [3.63, 3.8) is 0 Å². The summed E-state index contributed by atoms with van der Waals surface area (Å²) in [6.45, 7) is 7.16. The smallest absolute Gasteiger partial charge is 0.160 e. The number of hydrogen-bond acceptors (Lipinski definition) is 3. The predicted molar refractivity (Wildman–Crippen MR) is 83.4 cm³/mol. The van der Waals surface area contributed by atoms with E-state index in [2.05, 4.69) is 30.3 Å². The first-order valence-electron chi connectivity index (χ1n) is 7.05. The van der Waals surface area contributed by atoms with Crippen LogP contribution in [0.4, 0.5) is 0 Å². The average molecular weight is 281 g/mol. The van der Waals surface area contributed by atoms with E-state index in [0.717, 1.165) is 22.6 Å². The first-order valence-corrected chi connectivity index (χ1v) is 7.05. The molecule has 0 saturated heterocycles. The highest BCUT2D eigenvalue weighted by atomic mass is 16.3. The Labute approximate surface area is 124 Å². The standard InChI is InChI=1S/C17H19N3O/c1-17(2,3)16-19-14-5-4-10-18-15(14)20(16)11-12-6-8-13(21)9-7-12/h4-10,21H,11H2,1-3H3. The third kappa shape index (κ3) is 2.61. The van der Waals surface area contributed by atoms with Crippen molar-refractivity contribution in [2.45, 2.75) is 32.7 Å². The summed E-state index contributed by atoms with van der Waals surface area (Å²) in [4.78, 5) is 9.23. The predicted octanol–water partition coefficient (Wildman–Crippen LogP) is 3.48. The number of phenolic OH excluding ortho intramolecular Hbond substituents is 1. The van der Waals surface area contributed by atoms with Crippen molar-refractivity contribution in [3.8, 4) is 5.75 Å². The van der Waals surface area contributed by atoms with Gasteiger partial charge in [-0.15, -0.1) is 0 Å². The second-order valence-electron chi connectivity index (χ2n) is 6.28. The lowest BCUT2D eigenvalue weighted by Gasteiger charge is -2.20. The molecule has 21 heavy (non-hydrogen) atoms. The van der Waals surface area contributed by atoms with Gasteiger partial charge in [0.1, 0.15) is 17.1 Å². The van der Waals surface area contributed by atoms with Gasteiger partial charge in [0.15, 0.2) is 5.65 Å². The topological polar surface area (TPSA) is 50.9 Å². The molecule has 0 amide bonds. The van der Waals surface area contributed by atoms with Crippen LogP contribution in [0.1, 0.15) is 32.2 Å². The summed E-state index contributed by atoms with van der Waals surface area (Å²) in [6, 6.07) is 11.2. The quantitative estimate of drug-likeness (QED) is 0.782. The summed E-state index contributed by atoms with van der Waals surface area (Å²) in [5, 5.41) is 9.41. The molecule has 3 rings (SSSR count).